The van der Waals surface area contributed by atoms with Gasteiger partial charge in [0.15, 0.2) is 0 Å². The molecule has 22 heavy (non-hydrogen) atoms. The van der Waals surface area contributed by atoms with Crippen LogP contribution in [0, 0.1) is 0 Å². The molecule has 0 saturated heterocycles. The van der Waals surface area contributed by atoms with Crippen LogP contribution in [0.3, 0.4) is 0 Å². The van der Waals surface area contributed by atoms with Crippen molar-refractivity contribution in [2.24, 2.45) is 0 Å². The number of aliphatic hydroxyl groups is 1. The number of aliphatic hydroxyl groups excluding tert-OH is 1. The van der Waals surface area contributed by atoms with Gasteiger partial charge in [0.2, 0.25) is 0 Å². The molecule has 0 amide bonds. The topological polar surface area (TPSA) is 121 Å². The maximum atomic E-state index is 11.3. The van der Waals surface area contributed by atoms with Crippen molar-refractivity contribution in [2.45, 2.75) is 12.8 Å². The van der Waals surface area contributed by atoms with Crippen LogP contribution in [0.1, 0.15) is 32.7 Å². The largest absolute Gasteiger partial charge is 0.478 e. The maximum Gasteiger partial charge on any atom is 0.336 e. The predicted molar refractivity (Wildman–Crippen MR) is 75.9 cm³/mol. The SMILES string of the molecule is O=C(C=CCCO)OCCc1cccc(C(=O)O)c1C(=O)O. The highest BCUT2D eigenvalue weighted by Crippen LogP contribution is 2.16. The van der Waals surface area contributed by atoms with Crippen molar-refractivity contribution < 1.29 is 34.4 Å². The van der Waals surface area contributed by atoms with E-state index in [-0.39, 0.29) is 36.3 Å². The predicted octanol–water partition coefficient (Wildman–Crippen LogP) is 1.11. The van der Waals surface area contributed by atoms with Crippen molar-refractivity contribution in [2.75, 3.05) is 13.2 Å². The Kier molecular flexibility index (Phi) is 6.78. The van der Waals surface area contributed by atoms with Crippen LogP contribution >= 0.6 is 0 Å². The van der Waals surface area contributed by atoms with Gasteiger partial charge < -0.3 is 20.1 Å². The summed E-state index contributed by atoms with van der Waals surface area (Å²) in [5.74, 6) is -3.29. The minimum absolute atomic E-state index is 0.0757. The summed E-state index contributed by atoms with van der Waals surface area (Å²) in [6.07, 6.45) is 3.04. The Morgan fingerprint density at radius 3 is 2.45 bits per heavy atom. The Hall–Kier alpha value is -2.67. The lowest BCUT2D eigenvalue weighted by molar-refractivity contribution is -0.137. The van der Waals surface area contributed by atoms with Crippen LogP contribution in [-0.4, -0.2) is 46.4 Å². The molecule has 0 bridgehead atoms. The number of benzene rings is 1. The third kappa shape index (κ3) is 5.02. The fourth-order valence-corrected chi connectivity index (χ4v) is 1.80. The van der Waals surface area contributed by atoms with Crippen LogP contribution < -0.4 is 0 Å². The summed E-state index contributed by atoms with van der Waals surface area (Å²) in [7, 11) is 0. The molecule has 3 N–H and O–H groups in total. The summed E-state index contributed by atoms with van der Waals surface area (Å²) < 4.78 is 4.88. The second-order valence-corrected chi connectivity index (χ2v) is 4.28. The molecule has 118 valence electrons. The molecule has 1 rings (SSSR count). The maximum absolute atomic E-state index is 11.3. The van der Waals surface area contributed by atoms with Crippen LogP contribution in [0.2, 0.25) is 0 Å². The zero-order chi connectivity index (χ0) is 16.5. The standard InChI is InChI=1S/C15H16O7/c16-8-2-1-6-12(17)22-9-7-10-4-3-5-11(14(18)19)13(10)15(20)21/h1,3-6,16H,2,7-9H2,(H,18,19)(H,20,21). The van der Waals surface area contributed by atoms with Gasteiger partial charge in [-0.3, -0.25) is 0 Å². The number of aromatic carboxylic acids is 2. The van der Waals surface area contributed by atoms with E-state index in [2.05, 4.69) is 0 Å². The van der Waals surface area contributed by atoms with Gasteiger partial charge in [0, 0.05) is 19.1 Å². The van der Waals surface area contributed by atoms with Crippen LogP contribution in [0.25, 0.3) is 0 Å². The first-order chi connectivity index (χ1) is 10.5. The molecule has 0 heterocycles. The fourth-order valence-electron chi connectivity index (χ4n) is 1.80. The molecule has 1 aromatic carbocycles. The van der Waals surface area contributed by atoms with Crippen LogP contribution in [-0.2, 0) is 16.0 Å². The Morgan fingerprint density at radius 1 is 1.14 bits per heavy atom. The molecular weight excluding hydrogens is 292 g/mol. The zero-order valence-corrected chi connectivity index (χ0v) is 11.7. The van der Waals surface area contributed by atoms with E-state index in [1.54, 1.807) is 0 Å². The second-order valence-electron chi connectivity index (χ2n) is 4.28. The van der Waals surface area contributed by atoms with E-state index in [0.29, 0.717) is 6.42 Å². The van der Waals surface area contributed by atoms with Crippen molar-refractivity contribution in [3.8, 4) is 0 Å². The van der Waals surface area contributed by atoms with Gasteiger partial charge >= 0.3 is 17.9 Å². The Balaban J connectivity index is 2.74. The number of carbonyl (C=O) groups is 3. The van der Waals surface area contributed by atoms with Crippen molar-refractivity contribution in [3.63, 3.8) is 0 Å². The van der Waals surface area contributed by atoms with Gasteiger partial charge in [-0.25, -0.2) is 14.4 Å². The summed E-state index contributed by atoms with van der Waals surface area (Å²) in [6.45, 7) is -0.153. The number of hydrogen-bond donors (Lipinski definition) is 3. The normalized spacial score (nSPS) is 10.6. The number of rotatable bonds is 8. The quantitative estimate of drug-likeness (QED) is 0.485. The lowest BCUT2D eigenvalue weighted by atomic mass is 9.99. The number of ether oxygens (including phenoxy) is 1. The number of carbonyl (C=O) groups excluding carboxylic acids is 1. The van der Waals surface area contributed by atoms with Crippen molar-refractivity contribution >= 4 is 17.9 Å². The van der Waals surface area contributed by atoms with E-state index < -0.39 is 17.9 Å². The molecule has 0 aromatic heterocycles. The molecule has 0 aliphatic heterocycles. The molecule has 0 radical (unpaired) electrons. The lowest BCUT2D eigenvalue weighted by Crippen LogP contribution is -2.13. The number of carboxylic acids is 2. The first-order valence-corrected chi connectivity index (χ1v) is 6.50. The van der Waals surface area contributed by atoms with Crippen LogP contribution in [0.5, 0.6) is 0 Å². The fraction of sp³-hybridized carbons (Fsp3) is 0.267. The van der Waals surface area contributed by atoms with E-state index in [4.69, 9.17) is 20.1 Å². The van der Waals surface area contributed by atoms with Crippen molar-refractivity contribution in [3.05, 3.63) is 47.0 Å². The van der Waals surface area contributed by atoms with Gasteiger partial charge in [0.05, 0.1) is 17.7 Å². The minimum Gasteiger partial charge on any atom is -0.478 e. The number of hydrogen-bond acceptors (Lipinski definition) is 5. The molecule has 0 spiro atoms. The highest BCUT2D eigenvalue weighted by atomic mass is 16.5. The summed E-state index contributed by atoms with van der Waals surface area (Å²) in [6, 6.07) is 4.12. The number of carboxylic acid groups (broad SMARTS) is 2. The average Bonchev–Trinajstić information content (AvgIpc) is 2.47. The summed E-state index contributed by atoms with van der Waals surface area (Å²) in [5, 5.41) is 26.7. The Morgan fingerprint density at radius 2 is 1.86 bits per heavy atom. The molecule has 7 nitrogen and oxygen atoms in total. The molecule has 7 heteroatoms. The van der Waals surface area contributed by atoms with E-state index in [1.165, 1.54) is 30.4 Å². The third-order valence-electron chi connectivity index (χ3n) is 2.76. The smallest absolute Gasteiger partial charge is 0.336 e. The monoisotopic (exact) mass is 308 g/mol. The van der Waals surface area contributed by atoms with Crippen LogP contribution in [0.15, 0.2) is 30.4 Å². The lowest BCUT2D eigenvalue weighted by Gasteiger charge is -2.09. The first-order valence-electron chi connectivity index (χ1n) is 6.50. The molecule has 0 aliphatic carbocycles. The van der Waals surface area contributed by atoms with E-state index >= 15 is 0 Å². The van der Waals surface area contributed by atoms with Gasteiger partial charge in [-0.1, -0.05) is 18.2 Å². The summed E-state index contributed by atoms with van der Waals surface area (Å²) in [4.78, 5) is 33.5. The molecule has 1 aromatic rings. The summed E-state index contributed by atoms with van der Waals surface area (Å²) in [5.41, 5.74) is -0.333. The van der Waals surface area contributed by atoms with Crippen molar-refractivity contribution in [1.82, 2.24) is 0 Å². The molecular formula is C15H16O7. The Labute approximate surface area is 126 Å². The molecule has 0 saturated carbocycles. The van der Waals surface area contributed by atoms with E-state index in [9.17, 15) is 14.4 Å². The minimum atomic E-state index is -1.35. The second kappa shape index (κ2) is 8.58. The third-order valence-corrected chi connectivity index (χ3v) is 2.76. The van der Waals surface area contributed by atoms with E-state index in [1.807, 2.05) is 0 Å². The zero-order valence-electron chi connectivity index (χ0n) is 11.7. The van der Waals surface area contributed by atoms with Gasteiger partial charge in [-0.15, -0.1) is 0 Å². The summed E-state index contributed by atoms with van der Waals surface area (Å²) >= 11 is 0. The van der Waals surface area contributed by atoms with Gasteiger partial charge in [-0.2, -0.15) is 0 Å². The highest BCUT2D eigenvalue weighted by molar-refractivity contribution is 6.02. The van der Waals surface area contributed by atoms with Crippen LogP contribution in [0.4, 0.5) is 0 Å². The Bertz CT molecular complexity index is 590. The van der Waals surface area contributed by atoms with E-state index in [0.717, 1.165) is 0 Å². The molecule has 0 atom stereocenters. The first kappa shape index (κ1) is 17.4. The molecule has 0 fully saturated rings. The average molecular weight is 308 g/mol. The van der Waals surface area contributed by atoms with Gasteiger partial charge in [0.1, 0.15) is 0 Å². The highest BCUT2D eigenvalue weighted by Gasteiger charge is 2.19. The molecule has 0 aliphatic rings. The van der Waals surface area contributed by atoms with Gasteiger partial charge in [0.25, 0.3) is 0 Å². The number of esters is 1. The van der Waals surface area contributed by atoms with Crippen molar-refractivity contribution in [1.29, 1.82) is 0 Å². The molecule has 0 unspecified atom stereocenters. The van der Waals surface area contributed by atoms with Gasteiger partial charge in [-0.05, 0) is 18.1 Å².